The van der Waals surface area contributed by atoms with E-state index in [1.807, 2.05) is 4.98 Å². The summed E-state index contributed by atoms with van der Waals surface area (Å²) in [6.45, 7) is 0. The summed E-state index contributed by atoms with van der Waals surface area (Å²) in [6.07, 6.45) is 0. The van der Waals surface area contributed by atoms with Gasteiger partial charge in [0.05, 0.1) is 4.92 Å². The predicted octanol–water partition coefficient (Wildman–Crippen LogP) is 0.715. The Bertz CT molecular complexity index is 675. The van der Waals surface area contributed by atoms with Gasteiger partial charge in [0.25, 0.3) is 11.2 Å². The number of nitrogens with one attached hydrogen (secondary N) is 3. The van der Waals surface area contributed by atoms with Gasteiger partial charge in [0.15, 0.2) is 0 Å². The zero-order chi connectivity index (χ0) is 13.1. The summed E-state index contributed by atoms with van der Waals surface area (Å²) < 4.78 is 0. The van der Waals surface area contributed by atoms with E-state index in [1.165, 1.54) is 18.2 Å². The van der Waals surface area contributed by atoms with Gasteiger partial charge in [0, 0.05) is 23.9 Å². The van der Waals surface area contributed by atoms with Crippen LogP contribution in [-0.2, 0) is 0 Å². The Balaban J connectivity index is 2.34. The van der Waals surface area contributed by atoms with Gasteiger partial charge in [-0.05, 0) is 6.07 Å². The molecule has 0 aliphatic carbocycles. The third-order valence-corrected chi connectivity index (χ3v) is 2.10. The van der Waals surface area contributed by atoms with Gasteiger partial charge in [0.2, 0.25) is 0 Å². The number of hydrogen-bond donors (Lipinski definition) is 3. The number of H-pyrrole nitrogens is 2. The van der Waals surface area contributed by atoms with Gasteiger partial charge < -0.3 is 5.32 Å². The Morgan fingerprint density at radius 1 is 1.17 bits per heavy atom. The number of anilines is 2. The number of nitrogens with zero attached hydrogens (tertiary/aromatic N) is 1. The molecular weight excluding hydrogens is 240 g/mol. The summed E-state index contributed by atoms with van der Waals surface area (Å²) in [5.74, 6) is 0.157. The minimum absolute atomic E-state index is 0.0906. The van der Waals surface area contributed by atoms with E-state index in [9.17, 15) is 19.7 Å². The molecule has 0 radical (unpaired) electrons. The lowest BCUT2D eigenvalue weighted by molar-refractivity contribution is -0.384. The van der Waals surface area contributed by atoms with Crippen molar-refractivity contribution in [3.05, 3.63) is 61.3 Å². The van der Waals surface area contributed by atoms with Crippen LogP contribution in [0.25, 0.3) is 0 Å². The Kier molecular flexibility index (Phi) is 2.92. The van der Waals surface area contributed by atoms with Crippen molar-refractivity contribution in [2.45, 2.75) is 0 Å². The molecule has 2 rings (SSSR count). The highest BCUT2D eigenvalue weighted by Gasteiger charge is 2.06. The van der Waals surface area contributed by atoms with Crippen molar-refractivity contribution in [2.75, 3.05) is 5.32 Å². The maximum absolute atomic E-state index is 11.1. The average molecular weight is 248 g/mol. The molecule has 0 aliphatic rings. The van der Waals surface area contributed by atoms with Crippen molar-refractivity contribution in [1.29, 1.82) is 0 Å². The second-order valence-corrected chi connectivity index (χ2v) is 3.43. The van der Waals surface area contributed by atoms with Gasteiger partial charge in [-0.1, -0.05) is 6.07 Å². The standard InChI is InChI=1S/C10H8N4O4/c15-9-5-8(12-10(16)13-9)11-6-2-1-3-7(4-6)14(17)18/h1-5H,(H3,11,12,13,15,16). The molecule has 18 heavy (non-hydrogen) atoms. The molecule has 0 atom stereocenters. The smallest absolute Gasteiger partial charge is 0.327 e. The van der Waals surface area contributed by atoms with Crippen LogP contribution in [0.4, 0.5) is 17.2 Å². The van der Waals surface area contributed by atoms with E-state index in [-0.39, 0.29) is 11.5 Å². The third-order valence-electron chi connectivity index (χ3n) is 2.10. The fourth-order valence-electron chi connectivity index (χ4n) is 1.39. The molecule has 1 heterocycles. The monoisotopic (exact) mass is 248 g/mol. The molecule has 0 fully saturated rings. The Morgan fingerprint density at radius 2 is 1.94 bits per heavy atom. The largest absolute Gasteiger partial charge is 0.341 e. The first kappa shape index (κ1) is 11.6. The summed E-state index contributed by atoms with van der Waals surface area (Å²) in [7, 11) is 0. The second-order valence-electron chi connectivity index (χ2n) is 3.43. The summed E-state index contributed by atoms with van der Waals surface area (Å²) in [4.78, 5) is 36.5. The van der Waals surface area contributed by atoms with Crippen LogP contribution in [0.5, 0.6) is 0 Å². The van der Waals surface area contributed by atoms with Crippen LogP contribution < -0.4 is 16.6 Å². The van der Waals surface area contributed by atoms with E-state index in [2.05, 4.69) is 10.3 Å². The first-order valence-corrected chi connectivity index (χ1v) is 4.90. The molecule has 0 spiro atoms. The molecule has 8 heteroatoms. The number of non-ortho nitro benzene ring substituents is 1. The van der Waals surface area contributed by atoms with Gasteiger partial charge >= 0.3 is 5.69 Å². The lowest BCUT2D eigenvalue weighted by Gasteiger charge is -2.04. The number of aromatic amines is 2. The van der Waals surface area contributed by atoms with E-state index in [0.29, 0.717) is 5.69 Å². The van der Waals surface area contributed by atoms with Crippen molar-refractivity contribution in [2.24, 2.45) is 0 Å². The molecule has 2 aromatic rings. The third kappa shape index (κ3) is 2.61. The highest BCUT2D eigenvalue weighted by molar-refractivity contribution is 5.59. The summed E-state index contributed by atoms with van der Waals surface area (Å²) in [5, 5.41) is 13.3. The Labute approximate surface area is 99.5 Å². The van der Waals surface area contributed by atoms with Gasteiger partial charge in [-0.2, -0.15) is 0 Å². The number of aromatic nitrogens is 2. The lowest BCUT2D eigenvalue weighted by Crippen LogP contribution is -2.22. The van der Waals surface area contributed by atoms with E-state index < -0.39 is 16.2 Å². The van der Waals surface area contributed by atoms with Crippen molar-refractivity contribution in [3.8, 4) is 0 Å². The van der Waals surface area contributed by atoms with Crippen molar-refractivity contribution in [3.63, 3.8) is 0 Å². The summed E-state index contributed by atoms with van der Waals surface area (Å²) in [6, 6.07) is 6.84. The SMILES string of the molecule is O=c1cc(Nc2cccc([N+](=O)[O-])c2)[nH]c(=O)[nH]1. The van der Waals surface area contributed by atoms with Crippen LogP contribution in [-0.4, -0.2) is 14.9 Å². The van der Waals surface area contributed by atoms with Crippen LogP contribution in [0, 0.1) is 10.1 Å². The first-order valence-electron chi connectivity index (χ1n) is 4.90. The molecule has 0 saturated heterocycles. The fourth-order valence-corrected chi connectivity index (χ4v) is 1.39. The van der Waals surface area contributed by atoms with Crippen LogP contribution in [0.1, 0.15) is 0 Å². The number of nitro benzene ring substituents is 1. The predicted molar refractivity (Wildman–Crippen MR) is 64.1 cm³/mol. The van der Waals surface area contributed by atoms with Crippen molar-refractivity contribution >= 4 is 17.2 Å². The zero-order valence-corrected chi connectivity index (χ0v) is 8.97. The molecule has 92 valence electrons. The molecule has 1 aromatic carbocycles. The molecule has 0 saturated carbocycles. The van der Waals surface area contributed by atoms with Crippen molar-refractivity contribution < 1.29 is 4.92 Å². The molecule has 3 N–H and O–H groups in total. The molecular formula is C10H8N4O4. The van der Waals surface area contributed by atoms with Gasteiger partial charge in [-0.15, -0.1) is 0 Å². The number of rotatable bonds is 3. The van der Waals surface area contributed by atoms with Gasteiger partial charge in [0.1, 0.15) is 5.82 Å². The van der Waals surface area contributed by atoms with Gasteiger partial charge in [-0.25, -0.2) is 4.79 Å². The van der Waals surface area contributed by atoms with E-state index in [1.54, 1.807) is 6.07 Å². The maximum Gasteiger partial charge on any atom is 0.327 e. The van der Waals surface area contributed by atoms with Crippen LogP contribution in [0.15, 0.2) is 39.9 Å². The summed E-state index contributed by atoms with van der Waals surface area (Å²) >= 11 is 0. The molecule has 0 unspecified atom stereocenters. The second kappa shape index (κ2) is 4.53. The molecule has 1 aromatic heterocycles. The Morgan fingerprint density at radius 3 is 2.61 bits per heavy atom. The normalized spacial score (nSPS) is 10.0. The average Bonchev–Trinajstić information content (AvgIpc) is 2.27. The highest BCUT2D eigenvalue weighted by Crippen LogP contribution is 2.19. The number of nitro groups is 1. The van der Waals surface area contributed by atoms with E-state index in [0.717, 1.165) is 6.07 Å². The molecule has 0 aliphatic heterocycles. The molecule has 8 nitrogen and oxygen atoms in total. The van der Waals surface area contributed by atoms with Crippen LogP contribution >= 0.6 is 0 Å². The van der Waals surface area contributed by atoms with E-state index in [4.69, 9.17) is 0 Å². The minimum atomic E-state index is -0.657. The number of benzene rings is 1. The topological polar surface area (TPSA) is 121 Å². The zero-order valence-electron chi connectivity index (χ0n) is 8.97. The van der Waals surface area contributed by atoms with Crippen LogP contribution in [0.2, 0.25) is 0 Å². The van der Waals surface area contributed by atoms with Crippen molar-refractivity contribution in [1.82, 2.24) is 9.97 Å². The quantitative estimate of drug-likeness (QED) is 0.545. The minimum Gasteiger partial charge on any atom is -0.341 e. The number of hydrogen-bond acceptors (Lipinski definition) is 5. The maximum atomic E-state index is 11.1. The first-order chi connectivity index (χ1) is 8.54. The van der Waals surface area contributed by atoms with E-state index >= 15 is 0 Å². The lowest BCUT2D eigenvalue weighted by atomic mass is 10.3. The fraction of sp³-hybridized carbons (Fsp3) is 0. The highest BCUT2D eigenvalue weighted by atomic mass is 16.6. The van der Waals surface area contributed by atoms with Crippen LogP contribution in [0.3, 0.4) is 0 Å². The molecule has 0 amide bonds. The van der Waals surface area contributed by atoms with Gasteiger partial charge in [-0.3, -0.25) is 24.9 Å². The Hall–Kier alpha value is -2.90. The summed E-state index contributed by atoms with van der Waals surface area (Å²) in [5.41, 5.74) is -0.917. The molecule has 0 bridgehead atoms.